The molecule has 4 nitrogen and oxygen atoms in total. The van der Waals surface area contributed by atoms with Gasteiger partial charge in [-0.1, -0.05) is 30.3 Å². The summed E-state index contributed by atoms with van der Waals surface area (Å²) in [7, 11) is 0. The van der Waals surface area contributed by atoms with Crippen molar-refractivity contribution in [3.63, 3.8) is 0 Å². The van der Waals surface area contributed by atoms with Crippen LogP contribution in [0.4, 0.5) is 0 Å². The van der Waals surface area contributed by atoms with Gasteiger partial charge >= 0.3 is 0 Å². The van der Waals surface area contributed by atoms with E-state index < -0.39 is 12.4 Å². The fourth-order valence-electron chi connectivity index (χ4n) is 2.37. The van der Waals surface area contributed by atoms with Crippen LogP contribution in [0.15, 0.2) is 60.7 Å². The summed E-state index contributed by atoms with van der Waals surface area (Å²) in [5.41, 5.74) is 2.02. The molecule has 0 aromatic heterocycles. The molecule has 2 atom stereocenters. The first-order chi connectivity index (χ1) is 11.0. The Balaban J connectivity index is 1.95. The topological polar surface area (TPSA) is 69.9 Å². The first-order valence-electron chi connectivity index (χ1n) is 7.39. The number of phenolic OH excluding ortho intramolecular Hbond substituents is 1. The van der Waals surface area contributed by atoms with E-state index in [1.807, 2.05) is 42.5 Å². The number of aliphatic hydroxyl groups excluding tert-OH is 2. The second kappa shape index (κ2) is 6.28. The van der Waals surface area contributed by atoms with Gasteiger partial charge in [0.2, 0.25) is 6.29 Å². The van der Waals surface area contributed by atoms with Crippen molar-refractivity contribution >= 4 is 10.8 Å². The molecule has 0 heterocycles. The van der Waals surface area contributed by atoms with Crippen molar-refractivity contribution in [1.29, 1.82) is 0 Å². The molecule has 0 aliphatic carbocycles. The van der Waals surface area contributed by atoms with E-state index in [1.165, 1.54) is 6.92 Å². The zero-order valence-electron chi connectivity index (χ0n) is 12.7. The lowest BCUT2D eigenvalue weighted by Gasteiger charge is -2.16. The van der Waals surface area contributed by atoms with Gasteiger partial charge in [0.25, 0.3) is 0 Å². The fourth-order valence-corrected chi connectivity index (χ4v) is 2.37. The van der Waals surface area contributed by atoms with E-state index >= 15 is 0 Å². The Morgan fingerprint density at radius 1 is 0.783 bits per heavy atom. The number of rotatable bonds is 4. The smallest absolute Gasteiger partial charge is 0.223 e. The van der Waals surface area contributed by atoms with Crippen molar-refractivity contribution in [1.82, 2.24) is 0 Å². The van der Waals surface area contributed by atoms with Gasteiger partial charge in [0.15, 0.2) is 0 Å². The van der Waals surface area contributed by atoms with Crippen molar-refractivity contribution in [2.24, 2.45) is 0 Å². The maximum Gasteiger partial charge on any atom is 0.223 e. The molecule has 3 rings (SSSR count). The second-order valence-electron chi connectivity index (χ2n) is 5.52. The maximum absolute atomic E-state index is 9.61. The molecule has 0 saturated carbocycles. The van der Waals surface area contributed by atoms with Crippen LogP contribution in [0.5, 0.6) is 11.5 Å². The SMILES string of the molecule is CC(O)C(O)Oc1ccc2ccc(-c3ccc(O)cc3)cc2c1. The van der Waals surface area contributed by atoms with Crippen LogP contribution in [0.3, 0.4) is 0 Å². The van der Waals surface area contributed by atoms with Crippen LogP contribution in [-0.2, 0) is 0 Å². The molecular weight excluding hydrogens is 292 g/mol. The highest BCUT2D eigenvalue weighted by Gasteiger charge is 2.12. The molecule has 2 unspecified atom stereocenters. The molecule has 4 heteroatoms. The molecule has 0 amide bonds. The van der Waals surface area contributed by atoms with Gasteiger partial charge in [-0.3, -0.25) is 0 Å². The maximum atomic E-state index is 9.61. The predicted molar refractivity (Wildman–Crippen MR) is 89.4 cm³/mol. The minimum Gasteiger partial charge on any atom is -0.508 e. The third kappa shape index (κ3) is 3.44. The number of phenols is 1. The van der Waals surface area contributed by atoms with Crippen LogP contribution in [0, 0.1) is 0 Å². The van der Waals surface area contributed by atoms with Gasteiger partial charge in [0.05, 0.1) is 0 Å². The van der Waals surface area contributed by atoms with Crippen molar-refractivity contribution in [3.8, 4) is 22.6 Å². The average molecular weight is 310 g/mol. The first kappa shape index (κ1) is 15.3. The van der Waals surface area contributed by atoms with Crippen molar-refractivity contribution in [3.05, 3.63) is 60.7 Å². The number of hydrogen-bond acceptors (Lipinski definition) is 4. The predicted octanol–water partition coefficient (Wildman–Crippen LogP) is 3.29. The van der Waals surface area contributed by atoms with Crippen molar-refractivity contribution < 1.29 is 20.1 Å². The molecule has 0 bridgehead atoms. The lowest BCUT2D eigenvalue weighted by Crippen LogP contribution is -2.28. The summed E-state index contributed by atoms with van der Waals surface area (Å²) < 4.78 is 5.32. The lowest BCUT2D eigenvalue weighted by atomic mass is 10.0. The molecule has 0 aliphatic rings. The van der Waals surface area contributed by atoms with Gasteiger partial charge in [-0.05, 0) is 59.2 Å². The Morgan fingerprint density at radius 2 is 1.43 bits per heavy atom. The summed E-state index contributed by atoms with van der Waals surface area (Å²) in [6.07, 6.45) is -2.22. The van der Waals surface area contributed by atoms with E-state index in [1.54, 1.807) is 18.2 Å². The molecule has 0 radical (unpaired) electrons. The van der Waals surface area contributed by atoms with E-state index in [0.29, 0.717) is 5.75 Å². The van der Waals surface area contributed by atoms with Gasteiger partial charge in [-0.25, -0.2) is 0 Å². The number of hydrogen-bond donors (Lipinski definition) is 3. The number of aromatic hydroxyl groups is 1. The van der Waals surface area contributed by atoms with Crippen LogP contribution in [0.25, 0.3) is 21.9 Å². The summed E-state index contributed by atoms with van der Waals surface area (Å²) in [5.74, 6) is 0.728. The number of aliphatic hydroxyl groups is 2. The van der Waals surface area contributed by atoms with Gasteiger partial charge in [-0.2, -0.15) is 0 Å². The Labute approximate surface area is 134 Å². The van der Waals surface area contributed by atoms with Gasteiger partial charge in [0, 0.05) is 0 Å². The van der Waals surface area contributed by atoms with E-state index in [-0.39, 0.29) is 5.75 Å². The summed E-state index contributed by atoms with van der Waals surface area (Å²) in [5, 5.41) is 30.3. The molecule has 0 spiro atoms. The highest BCUT2D eigenvalue weighted by atomic mass is 16.6. The van der Waals surface area contributed by atoms with Crippen LogP contribution < -0.4 is 4.74 Å². The molecule has 118 valence electrons. The Morgan fingerprint density at radius 3 is 2.13 bits per heavy atom. The van der Waals surface area contributed by atoms with Crippen molar-refractivity contribution in [2.75, 3.05) is 0 Å². The molecule has 23 heavy (non-hydrogen) atoms. The largest absolute Gasteiger partial charge is 0.508 e. The minimum absolute atomic E-state index is 0.234. The summed E-state index contributed by atoms with van der Waals surface area (Å²) in [6, 6.07) is 18.5. The van der Waals surface area contributed by atoms with E-state index in [0.717, 1.165) is 21.9 Å². The summed E-state index contributed by atoms with van der Waals surface area (Å²) in [6.45, 7) is 1.47. The minimum atomic E-state index is -1.26. The molecule has 3 aromatic rings. The highest BCUT2D eigenvalue weighted by Crippen LogP contribution is 2.28. The van der Waals surface area contributed by atoms with Crippen LogP contribution in [-0.4, -0.2) is 27.7 Å². The first-order valence-corrected chi connectivity index (χ1v) is 7.39. The highest BCUT2D eigenvalue weighted by molar-refractivity contribution is 5.88. The molecule has 0 saturated heterocycles. The Hall–Kier alpha value is -2.56. The normalized spacial score (nSPS) is 13.7. The number of ether oxygens (including phenoxy) is 1. The zero-order valence-corrected chi connectivity index (χ0v) is 12.7. The van der Waals surface area contributed by atoms with Crippen LogP contribution in [0.2, 0.25) is 0 Å². The standard InChI is InChI=1S/C19H18O4/c1-12(20)19(22)23-18-9-6-14-2-3-15(10-16(14)11-18)13-4-7-17(21)8-5-13/h2-12,19-22H,1H3. The van der Waals surface area contributed by atoms with E-state index in [4.69, 9.17) is 4.74 Å². The monoisotopic (exact) mass is 310 g/mol. The quantitative estimate of drug-likeness (QED) is 0.647. The fraction of sp³-hybridized carbons (Fsp3) is 0.158. The third-order valence-electron chi connectivity index (χ3n) is 3.68. The van der Waals surface area contributed by atoms with Gasteiger partial charge < -0.3 is 20.1 Å². The zero-order chi connectivity index (χ0) is 16.4. The molecule has 0 fully saturated rings. The Kier molecular flexibility index (Phi) is 4.19. The second-order valence-corrected chi connectivity index (χ2v) is 5.52. The lowest BCUT2D eigenvalue weighted by molar-refractivity contribution is -0.0958. The van der Waals surface area contributed by atoms with E-state index in [2.05, 4.69) is 0 Å². The molecular formula is C19H18O4. The van der Waals surface area contributed by atoms with E-state index in [9.17, 15) is 15.3 Å². The van der Waals surface area contributed by atoms with Crippen LogP contribution >= 0.6 is 0 Å². The van der Waals surface area contributed by atoms with Crippen LogP contribution in [0.1, 0.15) is 6.92 Å². The molecule has 0 aliphatic heterocycles. The summed E-state index contributed by atoms with van der Waals surface area (Å²) in [4.78, 5) is 0. The number of benzene rings is 3. The summed E-state index contributed by atoms with van der Waals surface area (Å²) >= 11 is 0. The molecule has 3 N–H and O–H groups in total. The molecule has 3 aromatic carbocycles. The third-order valence-corrected chi connectivity index (χ3v) is 3.68. The number of fused-ring (bicyclic) bond motifs is 1. The van der Waals surface area contributed by atoms with Crippen molar-refractivity contribution in [2.45, 2.75) is 19.3 Å². The Bertz CT molecular complexity index is 809. The average Bonchev–Trinajstić information content (AvgIpc) is 2.54. The van der Waals surface area contributed by atoms with Gasteiger partial charge in [-0.15, -0.1) is 0 Å². The van der Waals surface area contributed by atoms with Gasteiger partial charge in [0.1, 0.15) is 17.6 Å².